The Labute approximate surface area is 151 Å². The Bertz CT molecular complexity index is 574. The van der Waals surface area contributed by atoms with Gasteiger partial charge in [-0.2, -0.15) is 0 Å². The summed E-state index contributed by atoms with van der Waals surface area (Å²) in [5.41, 5.74) is 0. The van der Waals surface area contributed by atoms with E-state index >= 15 is 0 Å². The third kappa shape index (κ3) is 4.51. The topological polar surface area (TPSA) is 61.6 Å². The molecule has 0 spiro atoms. The second-order valence-electron chi connectivity index (χ2n) is 7.27. The molecule has 25 heavy (non-hydrogen) atoms. The summed E-state index contributed by atoms with van der Waals surface area (Å²) in [6.07, 6.45) is 6.33. The summed E-state index contributed by atoms with van der Waals surface area (Å²) in [5.74, 6) is 2.89. The van der Waals surface area contributed by atoms with Crippen molar-refractivity contribution in [1.82, 2.24) is 29.9 Å². The van der Waals surface area contributed by atoms with Crippen LogP contribution in [0.25, 0.3) is 0 Å². The number of aryl methyl sites for hydroxylation is 1. The molecule has 0 aliphatic carbocycles. The fourth-order valence-electron chi connectivity index (χ4n) is 3.72. The third-order valence-electron chi connectivity index (χ3n) is 5.49. The number of aliphatic imine (C=N–C) groups is 1. The molecular formula is C18H33N7. The van der Waals surface area contributed by atoms with Crippen LogP contribution in [0.3, 0.4) is 0 Å². The quantitative estimate of drug-likeness (QED) is 0.480. The molecule has 1 unspecified atom stereocenters. The van der Waals surface area contributed by atoms with Gasteiger partial charge < -0.3 is 14.8 Å². The number of aromatic nitrogens is 3. The molecule has 2 fully saturated rings. The lowest BCUT2D eigenvalue weighted by molar-refractivity contribution is 0.249. The first-order valence-corrected chi connectivity index (χ1v) is 9.81. The first kappa shape index (κ1) is 18.2. The average Bonchev–Trinajstić information content (AvgIpc) is 3.34. The predicted octanol–water partition coefficient (Wildman–Crippen LogP) is 1.54. The predicted molar refractivity (Wildman–Crippen MR) is 101 cm³/mol. The van der Waals surface area contributed by atoms with Crippen LogP contribution in [-0.2, 0) is 13.6 Å². The van der Waals surface area contributed by atoms with Gasteiger partial charge in [-0.05, 0) is 45.7 Å². The molecule has 140 valence electrons. The summed E-state index contributed by atoms with van der Waals surface area (Å²) in [4.78, 5) is 9.97. The van der Waals surface area contributed by atoms with Crippen LogP contribution in [0.5, 0.6) is 0 Å². The highest BCUT2D eigenvalue weighted by Crippen LogP contribution is 2.20. The van der Waals surface area contributed by atoms with Gasteiger partial charge in [0.05, 0.1) is 0 Å². The van der Waals surface area contributed by atoms with Crippen molar-refractivity contribution in [2.75, 3.05) is 32.7 Å². The van der Waals surface area contributed by atoms with Crippen molar-refractivity contribution in [3.63, 3.8) is 0 Å². The Kier molecular flexibility index (Phi) is 6.29. The minimum Gasteiger partial charge on any atom is -0.356 e. The van der Waals surface area contributed by atoms with Gasteiger partial charge >= 0.3 is 0 Å². The Balaban J connectivity index is 1.64. The van der Waals surface area contributed by atoms with Gasteiger partial charge in [0, 0.05) is 32.7 Å². The Morgan fingerprint density at radius 3 is 2.72 bits per heavy atom. The summed E-state index contributed by atoms with van der Waals surface area (Å²) < 4.78 is 2.02. The summed E-state index contributed by atoms with van der Waals surface area (Å²) in [6, 6.07) is 0.692. The highest BCUT2D eigenvalue weighted by molar-refractivity contribution is 5.80. The lowest BCUT2D eigenvalue weighted by atomic mass is 10.2. The Hall–Kier alpha value is -1.63. The molecule has 1 N–H and O–H groups in total. The molecule has 0 radical (unpaired) electrons. The number of guanidine groups is 1. The van der Waals surface area contributed by atoms with Crippen molar-refractivity contribution in [1.29, 1.82) is 0 Å². The number of hydrogen-bond acceptors (Lipinski definition) is 4. The molecule has 2 aliphatic heterocycles. The fourth-order valence-corrected chi connectivity index (χ4v) is 3.72. The van der Waals surface area contributed by atoms with E-state index in [1.54, 1.807) is 0 Å². The summed E-state index contributed by atoms with van der Waals surface area (Å²) in [6.45, 7) is 10.5. The number of nitrogens with zero attached hydrogens (tertiary/aromatic N) is 6. The standard InChI is InChI=1S/C18H33N7/c1-4-5-9-19-18(20-13-17-22-21-15(2)23(17)3)25-12-8-16(14-25)24-10-6-7-11-24/h16H,4-14H2,1-3H3,(H,19,20). The van der Waals surface area contributed by atoms with Gasteiger partial charge in [-0.25, -0.2) is 4.99 Å². The van der Waals surface area contributed by atoms with E-state index in [4.69, 9.17) is 4.99 Å². The first-order chi connectivity index (χ1) is 12.2. The lowest BCUT2D eigenvalue weighted by Gasteiger charge is -2.25. The molecule has 0 aromatic carbocycles. The van der Waals surface area contributed by atoms with E-state index in [1.807, 2.05) is 18.5 Å². The zero-order valence-corrected chi connectivity index (χ0v) is 16.0. The van der Waals surface area contributed by atoms with Crippen molar-refractivity contribution in [2.24, 2.45) is 12.0 Å². The zero-order chi connectivity index (χ0) is 17.6. The fraction of sp³-hybridized carbons (Fsp3) is 0.833. The molecule has 0 bridgehead atoms. The largest absolute Gasteiger partial charge is 0.356 e. The smallest absolute Gasteiger partial charge is 0.194 e. The molecule has 7 nitrogen and oxygen atoms in total. The maximum atomic E-state index is 4.87. The number of unbranched alkanes of at least 4 members (excludes halogenated alkanes) is 1. The van der Waals surface area contributed by atoms with E-state index in [0.717, 1.165) is 37.2 Å². The zero-order valence-electron chi connectivity index (χ0n) is 16.0. The van der Waals surface area contributed by atoms with Gasteiger partial charge in [0.25, 0.3) is 0 Å². The van der Waals surface area contributed by atoms with Gasteiger partial charge in [0.15, 0.2) is 11.8 Å². The second-order valence-corrected chi connectivity index (χ2v) is 7.27. The van der Waals surface area contributed by atoms with Crippen molar-refractivity contribution in [3.8, 4) is 0 Å². The van der Waals surface area contributed by atoms with Crippen LogP contribution in [0, 0.1) is 6.92 Å². The Morgan fingerprint density at radius 2 is 2.04 bits per heavy atom. The summed E-state index contributed by atoms with van der Waals surface area (Å²) in [7, 11) is 2.00. The molecule has 3 heterocycles. The molecule has 0 saturated carbocycles. The van der Waals surface area contributed by atoms with Crippen molar-refractivity contribution in [2.45, 2.75) is 58.5 Å². The van der Waals surface area contributed by atoms with E-state index in [9.17, 15) is 0 Å². The van der Waals surface area contributed by atoms with Crippen LogP contribution in [-0.4, -0.2) is 69.3 Å². The van der Waals surface area contributed by atoms with Crippen LogP contribution in [0.1, 0.15) is 50.7 Å². The lowest BCUT2D eigenvalue weighted by Crippen LogP contribution is -2.43. The maximum absolute atomic E-state index is 4.87. The van der Waals surface area contributed by atoms with Crippen LogP contribution in [0.4, 0.5) is 0 Å². The molecule has 1 aromatic heterocycles. The van der Waals surface area contributed by atoms with E-state index < -0.39 is 0 Å². The van der Waals surface area contributed by atoms with Gasteiger partial charge in [0.2, 0.25) is 0 Å². The normalized spacial score (nSPS) is 22.1. The third-order valence-corrected chi connectivity index (χ3v) is 5.49. The van der Waals surface area contributed by atoms with Crippen LogP contribution in [0.15, 0.2) is 4.99 Å². The monoisotopic (exact) mass is 347 g/mol. The van der Waals surface area contributed by atoms with Gasteiger partial charge in [-0.1, -0.05) is 13.3 Å². The van der Waals surface area contributed by atoms with Crippen molar-refractivity contribution >= 4 is 5.96 Å². The van der Waals surface area contributed by atoms with Crippen molar-refractivity contribution < 1.29 is 0 Å². The first-order valence-electron chi connectivity index (χ1n) is 9.81. The van der Waals surface area contributed by atoms with Gasteiger partial charge in [0.1, 0.15) is 12.4 Å². The van der Waals surface area contributed by atoms with E-state index in [2.05, 4.69) is 32.2 Å². The minimum absolute atomic E-state index is 0.580. The van der Waals surface area contributed by atoms with E-state index in [-0.39, 0.29) is 0 Å². The SMILES string of the molecule is CCCCNC(=NCc1nnc(C)n1C)N1CCC(N2CCCC2)C1. The van der Waals surface area contributed by atoms with E-state index in [0.29, 0.717) is 12.6 Å². The highest BCUT2D eigenvalue weighted by atomic mass is 15.4. The molecule has 1 atom stereocenters. The highest BCUT2D eigenvalue weighted by Gasteiger charge is 2.30. The number of hydrogen-bond donors (Lipinski definition) is 1. The van der Waals surface area contributed by atoms with E-state index in [1.165, 1.54) is 45.2 Å². The van der Waals surface area contributed by atoms with Crippen LogP contribution in [0.2, 0.25) is 0 Å². The number of likely N-dealkylation sites (tertiary alicyclic amines) is 2. The van der Waals surface area contributed by atoms with Gasteiger partial charge in [-0.3, -0.25) is 4.90 Å². The number of rotatable bonds is 6. The maximum Gasteiger partial charge on any atom is 0.194 e. The minimum atomic E-state index is 0.580. The Morgan fingerprint density at radius 1 is 1.24 bits per heavy atom. The number of nitrogens with one attached hydrogen (secondary N) is 1. The summed E-state index contributed by atoms with van der Waals surface area (Å²) in [5, 5.41) is 11.9. The molecular weight excluding hydrogens is 314 g/mol. The second kappa shape index (κ2) is 8.65. The summed E-state index contributed by atoms with van der Waals surface area (Å²) >= 11 is 0. The molecule has 2 saturated heterocycles. The van der Waals surface area contributed by atoms with Crippen LogP contribution >= 0.6 is 0 Å². The molecule has 1 aromatic rings. The van der Waals surface area contributed by atoms with Gasteiger partial charge in [-0.15, -0.1) is 10.2 Å². The van der Waals surface area contributed by atoms with Crippen molar-refractivity contribution in [3.05, 3.63) is 11.6 Å². The van der Waals surface area contributed by atoms with Crippen LogP contribution < -0.4 is 5.32 Å². The average molecular weight is 348 g/mol. The molecule has 2 aliphatic rings. The molecule has 3 rings (SSSR count). The molecule has 0 amide bonds. The molecule has 7 heteroatoms.